The van der Waals surface area contributed by atoms with Crippen LogP contribution in [-0.4, -0.2) is 25.1 Å². The van der Waals surface area contributed by atoms with E-state index < -0.39 is 15.7 Å². The Morgan fingerprint density at radius 1 is 1.15 bits per heavy atom. The van der Waals surface area contributed by atoms with Crippen LogP contribution in [0.1, 0.15) is 29.7 Å². The van der Waals surface area contributed by atoms with Crippen LogP contribution < -0.4 is 4.90 Å². The molecule has 2 aromatic carbocycles. The fourth-order valence-electron chi connectivity index (χ4n) is 3.61. The van der Waals surface area contributed by atoms with Crippen LogP contribution in [-0.2, 0) is 21.2 Å². The Bertz CT molecular complexity index is 1380. The van der Waals surface area contributed by atoms with Crippen LogP contribution in [0.25, 0.3) is 10.2 Å². The number of amides is 1. The van der Waals surface area contributed by atoms with Crippen LogP contribution in [0.3, 0.4) is 0 Å². The Morgan fingerprint density at radius 3 is 2.61 bits per heavy atom. The number of halogens is 1. The average Bonchev–Trinajstić information content (AvgIpc) is 3.42. The van der Waals surface area contributed by atoms with Crippen molar-refractivity contribution in [3.8, 4) is 0 Å². The number of thiazole rings is 1. The van der Waals surface area contributed by atoms with E-state index in [0.717, 1.165) is 33.5 Å². The van der Waals surface area contributed by atoms with Crippen LogP contribution in [0, 0.1) is 19.7 Å². The van der Waals surface area contributed by atoms with E-state index in [1.54, 1.807) is 23.3 Å². The number of rotatable bonds is 8. The molecule has 33 heavy (non-hydrogen) atoms. The number of anilines is 1. The molecule has 0 bridgehead atoms. The van der Waals surface area contributed by atoms with Gasteiger partial charge < -0.3 is 4.42 Å². The first-order chi connectivity index (χ1) is 15.7. The molecule has 0 unspecified atom stereocenters. The SMILES string of the molecule is Cc1cc(C)c2sc(N(Cc3ccco3)C(=O)CCCS(=O)(=O)c3ccc(F)cc3)nc2c1. The molecular formula is C24H23FN2O4S2. The molecule has 0 aliphatic rings. The lowest BCUT2D eigenvalue weighted by Gasteiger charge is -2.18. The number of nitrogens with zero attached hydrogens (tertiary/aromatic N) is 2. The van der Waals surface area contributed by atoms with Gasteiger partial charge >= 0.3 is 0 Å². The first-order valence-corrected chi connectivity index (χ1v) is 12.9. The van der Waals surface area contributed by atoms with Crippen LogP contribution in [0.5, 0.6) is 0 Å². The number of furan rings is 1. The van der Waals surface area contributed by atoms with Crippen molar-refractivity contribution < 1.29 is 22.0 Å². The second-order valence-corrected chi connectivity index (χ2v) is 10.9. The molecule has 0 N–H and O–H groups in total. The van der Waals surface area contributed by atoms with Gasteiger partial charge in [-0.15, -0.1) is 0 Å². The summed E-state index contributed by atoms with van der Waals surface area (Å²) < 4.78 is 44.6. The fourth-order valence-corrected chi connectivity index (χ4v) is 5.95. The maximum absolute atomic E-state index is 13.2. The highest BCUT2D eigenvalue weighted by atomic mass is 32.2. The summed E-state index contributed by atoms with van der Waals surface area (Å²) in [4.78, 5) is 19.4. The summed E-state index contributed by atoms with van der Waals surface area (Å²) in [5.41, 5.74) is 3.00. The molecule has 2 aromatic heterocycles. The Balaban J connectivity index is 1.53. The molecule has 4 rings (SSSR count). The summed E-state index contributed by atoms with van der Waals surface area (Å²) in [6.45, 7) is 4.21. The Morgan fingerprint density at radius 2 is 1.91 bits per heavy atom. The number of aromatic nitrogens is 1. The molecule has 0 spiro atoms. The number of carbonyl (C=O) groups is 1. The van der Waals surface area contributed by atoms with Crippen LogP contribution in [0.15, 0.2) is 64.1 Å². The highest BCUT2D eigenvalue weighted by Crippen LogP contribution is 2.33. The van der Waals surface area contributed by atoms with Gasteiger partial charge in [0.1, 0.15) is 11.6 Å². The lowest BCUT2D eigenvalue weighted by molar-refractivity contribution is -0.118. The van der Waals surface area contributed by atoms with Gasteiger partial charge in [0.05, 0.1) is 33.7 Å². The van der Waals surface area contributed by atoms with Crippen molar-refractivity contribution in [3.05, 3.63) is 77.5 Å². The average molecular weight is 487 g/mol. The zero-order valence-electron chi connectivity index (χ0n) is 18.2. The minimum absolute atomic E-state index is 0.0229. The number of fused-ring (bicyclic) bond motifs is 1. The molecule has 2 heterocycles. The lowest BCUT2D eigenvalue weighted by Crippen LogP contribution is -2.30. The standard InChI is InChI=1S/C24H23FN2O4S2/c1-16-13-17(2)23-21(14-16)26-24(32-23)27(15-19-5-3-11-31-19)22(28)6-4-12-33(29,30)20-9-7-18(25)8-10-20/h3,5,7-11,13-14H,4,6,12,15H2,1-2H3. The Labute approximate surface area is 195 Å². The molecule has 0 radical (unpaired) electrons. The monoisotopic (exact) mass is 486 g/mol. The summed E-state index contributed by atoms with van der Waals surface area (Å²) in [5.74, 6) is -0.348. The summed E-state index contributed by atoms with van der Waals surface area (Å²) in [5, 5.41) is 0.543. The quantitative estimate of drug-likeness (QED) is 0.310. The second kappa shape index (κ2) is 9.44. The number of hydrogen-bond donors (Lipinski definition) is 0. The zero-order valence-corrected chi connectivity index (χ0v) is 19.9. The van der Waals surface area contributed by atoms with Gasteiger partial charge in [-0.2, -0.15) is 0 Å². The molecular weight excluding hydrogens is 463 g/mol. The summed E-state index contributed by atoms with van der Waals surface area (Å²) in [7, 11) is -3.61. The van der Waals surface area contributed by atoms with Crippen molar-refractivity contribution in [2.24, 2.45) is 0 Å². The van der Waals surface area contributed by atoms with Gasteiger partial charge in [-0.1, -0.05) is 17.4 Å². The maximum Gasteiger partial charge on any atom is 0.229 e. The van der Waals surface area contributed by atoms with Gasteiger partial charge in [0, 0.05) is 6.42 Å². The van der Waals surface area contributed by atoms with Gasteiger partial charge in [0.2, 0.25) is 5.91 Å². The van der Waals surface area contributed by atoms with E-state index >= 15 is 0 Å². The van der Waals surface area contributed by atoms with Gasteiger partial charge in [0.15, 0.2) is 15.0 Å². The van der Waals surface area contributed by atoms with E-state index in [1.165, 1.54) is 23.5 Å². The molecule has 1 amide bonds. The smallest absolute Gasteiger partial charge is 0.229 e. The summed E-state index contributed by atoms with van der Waals surface area (Å²) in [6, 6.07) is 12.3. The third kappa shape index (κ3) is 5.31. The van der Waals surface area contributed by atoms with Crippen molar-refractivity contribution in [2.75, 3.05) is 10.7 Å². The number of carbonyl (C=O) groups excluding carboxylic acids is 1. The number of benzene rings is 2. The molecule has 172 valence electrons. The number of hydrogen-bond acceptors (Lipinski definition) is 6. The highest BCUT2D eigenvalue weighted by molar-refractivity contribution is 7.91. The lowest BCUT2D eigenvalue weighted by atomic mass is 10.1. The van der Waals surface area contributed by atoms with E-state index in [2.05, 4.69) is 11.1 Å². The van der Waals surface area contributed by atoms with Crippen molar-refractivity contribution in [1.82, 2.24) is 4.98 Å². The van der Waals surface area contributed by atoms with E-state index in [4.69, 9.17) is 4.42 Å². The van der Waals surface area contributed by atoms with E-state index in [-0.39, 0.29) is 35.9 Å². The van der Waals surface area contributed by atoms with Gasteiger partial charge in [-0.25, -0.2) is 17.8 Å². The first kappa shape index (κ1) is 23.1. The predicted molar refractivity (Wildman–Crippen MR) is 127 cm³/mol. The fraction of sp³-hybridized carbons (Fsp3) is 0.250. The summed E-state index contributed by atoms with van der Waals surface area (Å²) >= 11 is 1.43. The molecule has 0 aliphatic carbocycles. The maximum atomic E-state index is 13.2. The van der Waals surface area contributed by atoms with E-state index in [9.17, 15) is 17.6 Å². The third-order valence-electron chi connectivity index (χ3n) is 5.21. The van der Waals surface area contributed by atoms with Crippen molar-refractivity contribution in [3.63, 3.8) is 0 Å². The minimum atomic E-state index is -3.61. The van der Waals surface area contributed by atoms with Crippen molar-refractivity contribution >= 4 is 42.4 Å². The van der Waals surface area contributed by atoms with Crippen LogP contribution in [0.2, 0.25) is 0 Å². The van der Waals surface area contributed by atoms with Crippen molar-refractivity contribution in [1.29, 1.82) is 0 Å². The van der Waals surface area contributed by atoms with Gasteiger partial charge in [-0.3, -0.25) is 9.69 Å². The van der Waals surface area contributed by atoms with E-state index in [0.29, 0.717) is 10.9 Å². The molecule has 0 aliphatic heterocycles. The van der Waals surface area contributed by atoms with Gasteiger partial charge in [-0.05, 0) is 73.9 Å². The molecule has 0 saturated carbocycles. The minimum Gasteiger partial charge on any atom is -0.467 e. The predicted octanol–water partition coefficient (Wildman–Crippen LogP) is 5.43. The molecule has 6 nitrogen and oxygen atoms in total. The zero-order chi connectivity index (χ0) is 23.6. The van der Waals surface area contributed by atoms with Crippen molar-refractivity contribution in [2.45, 2.75) is 38.1 Å². The first-order valence-electron chi connectivity index (χ1n) is 10.4. The molecule has 4 aromatic rings. The Kier molecular flexibility index (Phi) is 6.62. The summed E-state index contributed by atoms with van der Waals surface area (Å²) in [6.07, 6.45) is 1.70. The molecule has 0 fully saturated rings. The third-order valence-corrected chi connectivity index (χ3v) is 8.26. The number of aryl methyl sites for hydroxylation is 2. The molecule has 9 heteroatoms. The van der Waals surface area contributed by atoms with Gasteiger partial charge in [0.25, 0.3) is 0 Å². The number of sulfone groups is 1. The van der Waals surface area contributed by atoms with Crippen LogP contribution >= 0.6 is 11.3 Å². The Hall–Kier alpha value is -3.04. The normalized spacial score (nSPS) is 11.7. The second-order valence-electron chi connectivity index (χ2n) is 7.86. The topological polar surface area (TPSA) is 80.5 Å². The molecule has 0 atom stereocenters. The largest absolute Gasteiger partial charge is 0.467 e. The van der Waals surface area contributed by atoms with Crippen LogP contribution in [0.4, 0.5) is 9.52 Å². The molecule has 0 saturated heterocycles. The highest BCUT2D eigenvalue weighted by Gasteiger charge is 2.23. The van der Waals surface area contributed by atoms with E-state index in [1.807, 2.05) is 19.9 Å².